The van der Waals surface area contributed by atoms with E-state index in [4.69, 9.17) is 0 Å². The lowest BCUT2D eigenvalue weighted by Gasteiger charge is -2.15. The molecule has 1 atom stereocenters. The highest BCUT2D eigenvalue weighted by Crippen LogP contribution is 2.27. The summed E-state index contributed by atoms with van der Waals surface area (Å²) in [5.74, 6) is -4.30. The number of hydrogen-bond acceptors (Lipinski definition) is 4. The minimum Gasteiger partial charge on any atom is -0.320 e. The molecule has 2 N–H and O–H groups in total. The largest absolute Gasteiger partial charge is 0.320 e. The highest BCUT2D eigenvalue weighted by Gasteiger charge is 2.28. The van der Waals surface area contributed by atoms with Crippen molar-refractivity contribution in [3.8, 4) is 0 Å². The van der Waals surface area contributed by atoms with E-state index in [9.17, 15) is 26.8 Å². The smallest absolute Gasteiger partial charge is 0.255 e. The predicted octanol–water partition coefficient (Wildman–Crippen LogP) is 2.98. The topological polar surface area (TPSA) is 92.3 Å². The van der Waals surface area contributed by atoms with E-state index in [-0.39, 0.29) is 17.0 Å². The Balaban J connectivity index is 2.27. The standard InChI is InChI=1S/C18H18F2N2O4S/c1-3-27(25,26)11(2)17(23)22-16-13(19)9-10-14(15(16)20)21-18(24)12-7-5-4-6-8-12/h4-11H,3H2,1-2H3,(H,21,24)(H,22,23). The third-order valence-electron chi connectivity index (χ3n) is 3.93. The molecule has 0 heterocycles. The summed E-state index contributed by atoms with van der Waals surface area (Å²) < 4.78 is 52.1. The first-order chi connectivity index (χ1) is 12.7. The Morgan fingerprint density at radius 3 is 2.26 bits per heavy atom. The van der Waals surface area contributed by atoms with Gasteiger partial charge < -0.3 is 10.6 Å². The Bertz CT molecular complexity index is 963. The fourth-order valence-electron chi connectivity index (χ4n) is 2.19. The van der Waals surface area contributed by atoms with Crippen LogP contribution in [0.25, 0.3) is 0 Å². The maximum absolute atomic E-state index is 14.6. The molecular weight excluding hydrogens is 378 g/mol. The van der Waals surface area contributed by atoms with Crippen molar-refractivity contribution in [3.63, 3.8) is 0 Å². The monoisotopic (exact) mass is 396 g/mol. The van der Waals surface area contributed by atoms with E-state index in [1.807, 2.05) is 5.32 Å². The van der Waals surface area contributed by atoms with Crippen LogP contribution in [0.15, 0.2) is 42.5 Å². The number of sulfone groups is 1. The van der Waals surface area contributed by atoms with Crippen LogP contribution in [0.5, 0.6) is 0 Å². The number of rotatable bonds is 6. The number of benzene rings is 2. The van der Waals surface area contributed by atoms with Gasteiger partial charge in [-0.3, -0.25) is 9.59 Å². The van der Waals surface area contributed by atoms with E-state index in [0.717, 1.165) is 19.1 Å². The van der Waals surface area contributed by atoms with E-state index in [1.165, 1.54) is 19.1 Å². The van der Waals surface area contributed by atoms with Gasteiger partial charge in [-0.05, 0) is 31.2 Å². The molecule has 0 aliphatic rings. The minimum absolute atomic E-state index is 0.259. The van der Waals surface area contributed by atoms with Gasteiger partial charge >= 0.3 is 0 Å². The molecule has 0 bridgehead atoms. The third-order valence-corrected chi connectivity index (χ3v) is 6.03. The van der Waals surface area contributed by atoms with Crippen LogP contribution in [-0.4, -0.2) is 31.2 Å². The highest BCUT2D eigenvalue weighted by molar-refractivity contribution is 7.92. The summed E-state index contributed by atoms with van der Waals surface area (Å²) in [5.41, 5.74) is -0.926. The number of halogens is 2. The van der Waals surface area contributed by atoms with E-state index in [2.05, 4.69) is 5.32 Å². The van der Waals surface area contributed by atoms with Crippen molar-refractivity contribution in [1.82, 2.24) is 0 Å². The van der Waals surface area contributed by atoms with Gasteiger partial charge in [0, 0.05) is 11.3 Å². The van der Waals surface area contributed by atoms with Gasteiger partial charge in [-0.2, -0.15) is 0 Å². The molecule has 27 heavy (non-hydrogen) atoms. The van der Waals surface area contributed by atoms with Crippen molar-refractivity contribution >= 4 is 33.0 Å². The van der Waals surface area contributed by atoms with E-state index in [1.54, 1.807) is 18.2 Å². The van der Waals surface area contributed by atoms with E-state index in [0.29, 0.717) is 0 Å². The Labute approximate surface area is 155 Å². The molecule has 6 nitrogen and oxygen atoms in total. The van der Waals surface area contributed by atoms with E-state index >= 15 is 0 Å². The fourth-order valence-corrected chi connectivity index (χ4v) is 3.07. The van der Waals surface area contributed by atoms with Gasteiger partial charge in [-0.25, -0.2) is 17.2 Å². The zero-order chi connectivity index (χ0) is 20.2. The average molecular weight is 396 g/mol. The van der Waals surface area contributed by atoms with Crippen molar-refractivity contribution in [1.29, 1.82) is 0 Å². The van der Waals surface area contributed by atoms with Gasteiger partial charge in [0.15, 0.2) is 15.7 Å². The summed E-state index contributed by atoms with van der Waals surface area (Å²) in [6, 6.07) is 9.84. The van der Waals surface area contributed by atoms with Crippen LogP contribution in [0, 0.1) is 11.6 Å². The normalized spacial score (nSPS) is 12.3. The van der Waals surface area contributed by atoms with Crippen LogP contribution < -0.4 is 10.6 Å². The lowest BCUT2D eigenvalue weighted by Crippen LogP contribution is -2.34. The van der Waals surface area contributed by atoms with E-state index < -0.39 is 44.2 Å². The van der Waals surface area contributed by atoms with Crippen LogP contribution in [0.3, 0.4) is 0 Å². The zero-order valence-electron chi connectivity index (χ0n) is 14.6. The Hall–Kier alpha value is -2.81. The summed E-state index contributed by atoms with van der Waals surface area (Å²) in [5, 5.41) is 2.76. The molecule has 0 saturated heterocycles. The first-order valence-electron chi connectivity index (χ1n) is 8.04. The minimum atomic E-state index is -3.74. The molecule has 2 amide bonds. The molecule has 0 aliphatic heterocycles. The summed E-state index contributed by atoms with van der Waals surface area (Å²) in [7, 11) is -3.74. The van der Waals surface area contributed by atoms with Gasteiger partial charge in [0.05, 0.1) is 5.69 Å². The number of hydrogen-bond donors (Lipinski definition) is 2. The maximum atomic E-state index is 14.6. The van der Waals surface area contributed by atoms with Crippen molar-refractivity contribution in [3.05, 3.63) is 59.7 Å². The SMILES string of the molecule is CCS(=O)(=O)C(C)C(=O)Nc1c(F)ccc(NC(=O)c2ccccc2)c1F. The summed E-state index contributed by atoms with van der Waals surface area (Å²) in [6.45, 7) is 2.49. The molecule has 0 aliphatic carbocycles. The third kappa shape index (κ3) is 4.68. The summed E-state index contributed by atoms with van der Waals surface area (Å²) >= 11 is 0. The molecule has 9 heteroatoms. The average Bonchev–Trinajstić information content (AvgIpc) is 2.67. The van der Waals surface area contributed by atoms with Crippen LogP contribution in [0.1, 0.15) is 24.2 Å². The van der Waals surface area contributed by atoms with Gasteiger partial charge in [0.2, 0.25) is 5.91 Å². The Kier molecular flexibility index (Phi) is 6.27. The second-order valence-electron chi connectivity index (χ2n) is 5.69. The first kappa shape index (κ1) is 20.5. The van der Waals surface area contributed by atoms with Crippen LogP contribution in [-0.2, 0) is 14.6 Å². The van der Waals surface area contributed by atoms with Crippen molar-refractivity contribution < 1.29 is 26.8 Å². The summed E-state index contributed by atoms with van der Waals surface area (Å²) in [6.07, 6.45) is 0. The zero-order valence-corrected chi connectivity index (χ0v) is 15.4. The molecule has 2 aromatic rings. The van der Waals surface area contributed by atoms with Crippen LogP contribution >= 0.6 is 0 Å². The highest BCUT2D eigenvalue weighted by atomic mass is 32.2. The van der Waals surface area contributed by atoms with Gasteiger partial charge in [-0.1, -0.05) is 25.1 Å². The molecule has 1 unspecified atom stereocenters. The summed E-state index contributed by atoms with van der Waals surface area (Å²) in [4.78, 5) is 24.2. The molecular formula is C18H18F2N2O4S. The molecule has 0 spiro atoms. The molecule has 2 aromatic carbocycles. The number of carbonyl (C=O) groups is 2. The van der Waals surface area contributed by atoms with Crippen molar-refractivity contribution in [2.24, 2.45) is 0 Å². The number of carbonyl (C=O) groups excluding carboxylic acids is 2. The molecule has 144 valence electrons. The maximum Gasteiger partial charge on any atom is 0.255 e. The predicted molar refractivity (Wildman–Crippen MR) is 98.3 cm³/mol. The lowest BCUT2D eigenvalue weighted by atomic mass is 10.2. The fraction of sp³-hybridized carbons (Fsp3) is 0.222. The Morgan fingerprint density at radius 2 is 1.67 bits per heavy atom. The lowest BCUT2D eigenvalue weighted by molar-refractivity contribution is -0.115. The van der Waals surface area contributed by atoms with Crippen LogP contribution in [0.4, 0.5) is 20.2 Å². The molecule has 2 rings (SSSR count). The quantitative estimate of drug-likeness (QED) is 0.785. The molecule has 0 aromatic heterocycles. The van der Waals surface area contributed by atoms with Crippen molar-refractivity contribution in [2.75, 3.05) is 16.4 Å². The number of nitrogens with one attached hydrogen (secondary N) is 2. The molecule has 0 saturated carbocycles. The van der Waals surface area contributed by atoms with Gasteiger partial charge in [0.1, 0.15) is 16.8 Å². The number of amides is 2. The first-order valence-corrected chi connectivity index (χ1v) is 9.75. The second kappa shape index (κ2) is 8.26. The number of anilines is 2. The second-order valence-corrected chi connectivity index (χ2v) is 8.30. The molecule has 0 fully saturated rings. The van der Waals surface area contributed by atoms with Crippen LogP contribution in [0.2, 0.25) is 0 Å². The molecule has 0 radical (unpaired) electrons. The Morgan fingerprint density at radius 1 is 1.04 bits per heavy atom. The van der Waals surface area contributed by atoms with Crippen molar-refractivity contribution in [2.45, 2.75) is 19.1 Å². The van der Waals surface area contributed by atoms with Gasteiger partial charge in [0.25, 0.3) is 5.91 Å². The van der Waals surface area contributed by atoms with Gasteiger partial charge in [-0.15, -0.1) is 0 Å².